The Balaban J connectivity index is 2.42. The van der Waals surface area contributed by atoms with E-state index in [-0.39, 0.29) is 0 Å². The van der Waals surface area contributed by atoms with Crippen molar-refractivity contribution in [1.29, 1.82) is 0 Å². The Morgan fingerprint density at radius 2 is 1.89 bits per heavy atom. The Morgan fingerprint density at radius 1 is 1.26 bits per heavy atom. The van der Waals surface area contributed by atoms with Crippen LogP contribution >= 0.6 is 0 Å². The van der Waals surface area contributed by atoms with E-state index < -0.39 is 11.4 Å². The molecule has 0 fully saturated rings. The number of ether oxygens (including phenoxy) is 2. The van der Waals surface area contributed by atoms with Gasteiger partial charge in [0, 0.05) is 0 Å². The van der Waals surface area contributed by atoms with E-state index in [0.717, 1.165) is 28.2 Å². The van der Waals surface area contributed by atoms with Crippen LogP contribution in [-0.2, 0) is 11.2 Å². The number of fused-ring (bicyclic) bond motifs is 1. The van der Waals surface area contributed by atoms with Crippen molar-refractivity contribution >= 4 is 5.97 Å². The Kier molecular flexibility index (Phi) is 3.43. The van der Waals surface area contributed by atoms with E-state index in [2.05, 4.69) is 0 Å². The molecular formula is C15H20O4. The number of carbonyl (C=O) groups is 1. The van der Waals surface area contributed by atoms with Gasteiger partial charge in [-0.3, -0.25) is 4.79 Å². The second-order valence-electron chi connectivity index (χ2n) is 5.68. The van der Waals surface area contributed by atoms with Gasteiger partial charge in [-0.15, -0.1) is 0 Å². The summed E-state index contributed by atoms with van der Waals surface area (Å²) in [5.41, 5.74) is 2.34. The van der Waals surface area contributed by atoms with Crippen molar-refractivity contribution < 1.29 is 19.4 Å². The van der Waals surface area contributed by atoms with Gasteiger partial charge in [-0.1, -0.05) is 0 Å². The van der Waals surface area contributed by atoms with Crippen molar-refractivity contribution in [2.24, 2.45) is 5.41 Å². The van der Waals surface area contributed by atoms with Crippen LogP contribution in [0.2, 0.25) is 0 Å². The lowest BCUT2D eigenvalue weighted by molar-refractivity contribution is -0.146. The number of carboxylic acids is 1. The SMILES string of the molecule is Cc1c(CC(C)(C)C(=O)O)cc2c(c1C)OCCO2. The molecule has 1 N–H and O–H groups in total. The highest BCUT2D eigenvalue weighted by atomic mass is 16.6. The van der Waals surface area contributed by atoms with Crippen molar-refractivity contribution in [3.05, 3.63) is 22.8 Å². The van der Waals surface area contributed by atoms with E-state index >= 15 is 0 Å². The molecule has 1 heterocycles. The van der Waals surface area contributed by atoms with Gasteiger partial charge in [-0.2, -0.15) is 0 Å². The van der Waals surface area contributed by atoms with Crippen LogP contribution in [0.15, 0.2) is 6.07 Å². The molecule has 1 aliphatic heterocycles. The maximum absolute atomic E-state index is 11.3. The summed E-state index contributed by atoms with van der Waals surface area (Å²) in [7, 11) is 0. The van der Waals surface area contributed by atoms with Gasteiger partial charge in [0.05, 0.1) is 5.41 Å². The van der Waals surface area contributed by atoms with Gasteiger partial charge in [-0.05, 0) is 56.9 Å². The average molecular weight is 264 g/mol. The van der Waals surface area contributed by atoms with Crippen LogP contribution in [0.5, 0.6) is 11.5 Å². The van der Waals surface area contributed by atoms with Gasteiger partial charge >= 0.3 is 5.97 Å². The Bertz CT molecular complexity index is 517. The number of hydrogen-bond acceptors (Lipinski definition) is 3. The average Bonchev–Trinajstić information content (AvgIpc) is 2.35. The third kappa shape index (κ3) is 2.53. The summed E-state index contributed by atoms with van der Waals surface area (Å²) in [5.74, 6) is 0.727. The Morgan fingerprint density at radius 3 is 2.53 bits per heavy atom. The minimum atomic E-state index is -0.792. The molecule has 0 aliphatic carbocycles. The smallest absolute Gasteiger partial charge is 0.309 e. The predicted octanol–water partition coefficient (Wildman–Crippen LogP) is 2.73. The molecule has 0 saturated carbocycles. The molecule has 0 saturated heterocycles. The molecule has 4 nitrogen and oxygen atoms in total. The fourth-order valence-corrected chi connectivity index (χ4v) is 2.25. The minimum Gasteiger partial charge on any atom is -0.486 e. The summed E-state index contributed by atoms with van der Waals surface area (Å²) in [4.78, 5) is 11.3. The monoisotopic (exact) mass is 264 g/mol. The fourth-order valence-electron chi connectivity index (χ4n) is 2.25. The van der Waals surface area contributed by atoms with Gasteiger partial charge in [0.25, 0.3) is 0 Å². The first kappa shape index (κ1) is 13.7. The molecule has 0 atom stereocenters. The fraction of sp³-hybridized carbons (Fsp3) is 0.533. The second kappa shape index (κ2) is 4.76. The molecule has 0 bridgehead atoms. The Hall–Kier alpha value is -1.71. The van der Waals surface area contributed by atoms with E-state index in [4.69, 9.17) is 9.47 Å². The molecule has 1 aromatic carbocycles. The van der Waals surface area contributed by atoms with Crippen LogP contribution in [-0.4, -0.2) is 24.3 Å². The van der Waals surface area contributed by atoms with Crippen LogP contribution in [0.4, 0.5) is 0 Å². The van der Waals surface area contributed by atoms with Gasteiger partial charge in [0.1, 0.15) is 13.2 Å². The molecule has 0 spiro atoms. The molecule has 104 valence electrons. The number of rotatable bonds is 3. The van der Waals surface area contributed by atoms with Crippen LogP contribution in [0.3, 0.4) is 0 Å². The molecule has 0 amide bonds. The summed E-state index contributed by atoms with van der Waals surface area (Å²) < 4.78 is 11.2. The number of aliphatic carboxylic acids is 1. The first-order valence-electron chi connectivity index (χ1n) is 6.45. The third-order valence-corrected chi connectivity index (χ3v) is 3.71. The Labute approximate surface area is 113 Å². The quantitative estimate of drug-likeness (QED) is 0.912. The first-order valence-corrected chi connectivity index (χ1v) is 6.45. The number of hydrogen-bond donors (Lipinski definition) is 1. The largest absolute Gasteiger partial charge is 0.486 e. The molecule has 1 aromatic rings. The van der Waals surface area contributed by atoms with Crippen LogP contribution in [0.1, 0.15) is 30.5 Å². The van der Waals surface area contributed by atoms with E-state index in [1.54, 1.807) is 13.8 Å². The van der Waals surface area contributed by atoms with Crippen molar-refractivity contribution in [3.8, 4) is 11.5 Å². The highest BCUT2D eigenvalue weighted by Crippen LogP contribution is 2.39. The molecular weight excluding hydrogens is 244 g/mol. The normalized spacial score (nSPS) is 14.3. The van der Waals surface area contributed by atoms with Gasteiger partial charge in [0.15, 0.2) is 11.5 Å². The zero-order chi connectivity index (χ0) is 14.2. The van der Waals surface area contributed by atoms with E-state index in [9.17, 15) is 9.90 Å². The molecule has 2 rings (SSSR count). The molecule has 1 aliphatic rings. The number of benzene rings is 1. The van der Waals surface area contributed by atoms with Gasteiger partial charge in [0.2, 0.25) is 0 Å². The maximum atomic E-state index is 11.3. The lowest BCUT2D eigenvalue weighted by Crippen LogP contribution is -2.27. The number of carboxylic acid groups (broad SMARTS) is 1. The third-order valence-electron chi connectivity index (χ3n) is 3.71. The zero-order valence-electron chi connectivity index (χ0n) is 11.9. The van der Waals surface area contributed by atoms with Crippen molar-refractivity contribution in [1.82, 2.24) is 0 Å². The summed E-state index contributed by atoms with van der Waals surface area (Å²) in [5, 5.41) is 9.25. The van der Waals surface area contributed by atoms with Crippen molar-refractivity contribution in [2.45, 2.75) is 34.1 Å². The van der Waals surface area contributed by atoms with Crippen LogP contribution in [0, 0.1) is 19.3 Å². The van der Waals surface area contributed by atoms with Gasteiger partial charge in [-0.25, -0.2) is 0 Å². The molecule has 0 unspecified atom stereocenters. The molecule has 19 heavy (non-hydrogen) atoms. The second-order valence-corrected chi connectivity index (χ2v) is 5.68. The minimum absolute atomic E-state index is 0.478. The standard InChI is InChI=1S/C15H20O4/c1-9-10(2)13-12(18-5-6-19-13)7-11(9)8-15(3,4)14(16)17/h7H,5-6,8H2,1-4H3,(H,16,17). The molecule has 0 radical (unpaired) electrons. The summed E-state index contributed by atoms with van der Waals surface area (Å²) in [6.07, 6.45) is 0.478. The van der Waals surface area contributed by atoms with E-state index in [1.807, 2.05) is 19.9 Å². The highest BCUT2D eigenvalue weighted by Gasteiger charge is 2.29. The van der Waals surface area contributed by atoms with E-state index in [0.29, 0.717) is 19.6 Å². The van der Waals surface area contributed by atoms with E-state index in [1.165, 1.54) is 0 Å². The van der Waals surface area contributed by atoms with Crippen LogP contribution < -0.4 is 9.47 Å². The lowest BCUT2D eigenvalue weighted by atomic mass is 9.83. The van der Waals surface area contributed by atoms with Gasteiger partial charge < -0.3 is 14.6 Å². The predicted molar refractivity (Wildman–Crippen MR) is 72.0 cm³/mol. The lowest BCUT2D eigenvalue weighted by Gasteiger charge is -2.26. The zero-order valence-corrected chi connectivity index (χ0v) is 11.9. The summed E-state index contributed by atoms with van der Waals surface area (Å²) >= 11 is 0. The maximum Gasteiger partial charge on any atom is 0.309 e. The molecule has 0 aromatic heterocycles. The van der Waals surface area contributed by atoms with Crippen LogP contribution in [0.25, 0.3) is 0 Å². The van der Waals surface area contributed by atoms with Crippen molar-refractivity contribution in [2.75, 3.05) is 13.2 Å². The topological polar surface area (TPSA) is 55.8 Å². The summed E-state index contributed by atoms with van der Waals surface area (Å²) in [6.45, 7) is 8.56. The summed E-state index contributed by atoms with van der Waals surface area (Å²) in [6, 6.07) is 1.92. The first-order chi connectivity index (χ1) is 8.83. The molecule has 4 heteroatoms. The van der Waals surface area contributed by atoms with Crippen molar-refractivity contribution in [3.63, 3.8) is 0 Å². The highest BCUT2D eigenvalue weighted by molar-refractivity contribution is 5.74.